The molecule has 0 amide bonds. The zero-order valence-corrected chi connectivity index (χ0v) is 12.6. The fraction of sp³-hybridized carbons (Fsp3) is 0.588. The zero-order valence-electron chi connectivity index (χ0n) is 12.6. The summed E-state index contributed by atoms with van der Waals surface area (Å²) in [5, 5.41) is 0. The molecular formula is C17H25NO2. The van der Waals surface area contributed by atoms with E-state index < -0.39 is 0 Å². The molecule has 0 N–H and O–H groups in total. The SMILES string of the molecule is CCCN(CC(=O)c1ccc(OCC)cc1)CC1CC1. The average molecular weight is 275 g/mol. The van der Waals surface area contributed by atoms with Crippen LogP contribution in [0.25, 0.3) is 0 Å². The van der Waals surface area contributed by atoms with E-state index >= 15 is 0 Å². The third-order valence-electron chi connectivity index (χ3n) is 3.61. The Hall–Kier alpha value is -1.35. The third kappa shape index (κ3) is 4.64. The first kappa shape index (κ1) is 15.0. The lowest BCUT2D eigenvalue weighted by molar-refractivity contribution is 0.0927. The molecule has 2 rings (SSSR count). The second-order valence-corrected chi connectivity index (χ2v) is 5.56. The molecule has 0 unspecified atom stereocenters. The normalized spacial score (nSPS) is 14.6. The molecular weight excluding hydrogens is 250 g/mol. The van der Waals surface area contributed by atoms with Crippen molar-refractivity contribution in [1.29, 1.82) is 0 Å². The van der Waals surface area contributed by atoms with Crippen molar-refractivity contribution >= 4 is 5.78 Å². The van der Waals surface area contributed by atoms with Gasteiger partial charge in [-0.2, -0.15) is 0 Å². The molecule has 0 heterocycles. The highest BCUT2D eigenvalue weighted by atomic mass is 16.5. The fourth-order valence-corrected chi connectivity index (χ4v) is 2.41. The molecule has 0 radical (unpaired) electrons. The lowest BCUT2D eigenvalue weighted by atomic mass is 10.1. The Morgan fingerprint density at radius 2 is 1.95 bits per heavy atom. The number of hydrogen-bond acceptors (Lipinski definition) is 3. The Balaban J connectivity index is 1.90. The van der Waals surface area contributed by atoms with E-state index in [1.807, 2.05) is 31.2 Å². The molecule has 1 aliphatic carbocycles. The molecule has 1 aromatic carbocycles. The lowest BCUT2D eigenvalue weighted by Crippen LogP contribution is -2.32. The molecule has 1 aliphatic rings. The quantitative estimate of drug-likeness (QED) is 0.647. The summed E-state index contributed by atoms with van der Waals surface area (Å²) in [4.78, 5) is 14.6. The molecule has 0 atom stereocenters. The van der Waals surface area contributed by atoms with Crippen LogP contribution in [-0.4, -0.2) is 36.9 Å². The highest BCUT2D eigenvalue weighted by Crippen LogP contribution is 2.29. The highest BCUT2D eigenvalue weighted by Gasteiger charge is 2.25. The summed E-state index contributed by atoms with van der Waals surface area (Å²) in [6.07, 6.45) is 3.76. The predicted molar refractivity (Wildman–Crippen MR) is 81.4 cm³/mol. The second-order valence-electron chi connectivity index (χ2n) is 5.56. The van der Waals surface area contributed by atoms with Gasteiger partial charge < -0.3 is 4.74 Å². The number of carbonyl (C=O) groups excluding carboxylic acids is 1. The maximum Gasteiger partial charge on any atom is 0.176 e. The van der Waals surface area contributed by atoms with Crippen molar-refractivity contribution in [3.05, 3.63) is 29.8 Å². The van der Waals surface area contributed by atoms with Crippen LogP contribution in [0.1, 0.15) is 43.5 Å². The maximum atomic E-state index is 12.3. The molecule has 0 saturated heterocycles. The van der Waals surface area contributed by atoms with E-state index in [2.05, 4.69) is 11.8 Å². The second kappa shape index (κ2) is 7.44. The van der Waals surface area contributed by atoms with Crippen LogP contribution >= 0.6 is 0 Å². The van der Waals surface area contributed by atoms with Crippen molar-refractivity contribution in [1.82, 2.24) is 4.90 Å². The molecule has 3 nitrogen and oxygen atoms in total. The summed E-state index contributed by atoms with van der Waals surface area (Å²) in [6.45, 7) is 7.41. The Kier molecular flexibility index (Phi) is 5.60. The molecule has 0 bridgehead atoms. The fourth-order valence-electron chi connectivity index (χ4n) is 2.41. The number of ether oxygens (including phenoxy) is 1. The van der Waals surface area contributed by atoms with Gasteiger partial charge in [-0.1, -0.05) is 6.92 Å². The molecule has 0 aliphatic heterocycles. The van der Waals surface area contributed by atoms with Crippen LogP contribution in [0.15, 0.2) is 24.3 Å². The minimum atomic E-state index is 0.210. The van der Waals surface area contributed by atoms with Gasteiger partial charge in [-0.05, 0) is 62.9 Å². The van der Waals surface area contributed by atoms with Crippen LogP contribution in [0.2, 0.25) is 0 Å². The average Bonchev–Trinajstić information content (AvgIpc) is 3.24. The van der Waals surface area contributed by atoms with E-state index in [4.69, 9.17) is 4.74 Å². The first-order chi connectivity index (χ1) is 9.72. The predicted octanol–water partition coefficient (Wildman–Crippen LogP) is 3.39. The monoisotopic (exact) mass is 275 g/mol. The Labute approximate surface area is 121 Å². The minimum Gasteiger partial charge on any atom is -0.494 e. The number of nitrogens with zero attached hydrogens (tertiary/aromatic N) is 1. The van der Waals surface area contributed by atoms with E-state index in [1.165, 1.54) is 12.8 Å². The largest absolute Gasteiger partial charge is 0.494 e. The first-order valence-electron chi connectivity index (χ1n) is 7.71. The van der Waals surface area contributed by atoms with Gasteiger partial charge in [0.15, 0.2) is 5.78 Å². The van der Waals surface area contributed by atoms with Gasteiger partial charge in [0.05, 0.1) is 13.2 Å². The topological polar surface area (TPSA) is 29.5 Å². The van der Waals surface area contributed by atoms with E-state index in [9.17, 15) is 4.79 Å². The van der Waals surface area contributed by atoms with E-state index in [0.29, 0.717) is 13.2 Å². The van der Waals surface area contributed by atoms with Gasteiger partial charge in [0.1, 0.15) is 5.75 Å². The summed E-state index contributed by atoms with van der Waals surface area (Å²) in [7, 11) is 0. The Bertz CT molecular complexity index is 423. The molecule has 3 heteroatoms. The highest BCUT2D eigenvalue weighted by molar-refractivity contribution is 5.97. The van der Waals surface area contributed by atoms with E-state index in [0.717, 1.165) is 36.7 Å². The van der Waals surface area contributed by atoms with Crippen LogP contribution < -0.4 is 4.74 Å². The number of carbonyl (C=O) groups is 1. The summed E-state index contributed by atoms with van der Waals surface area (Å²) in [5.41, 5.74) is 0.783. The Morgan fingerprint density at radius 1 is 1.25 bits per heavy atom. The molecule has 110 valence electrons. The van der Waals surface area contributed by atoms with Crippen LogP contribution in [0.3, 0.4) is 0 Å². The van der Waals surface area contributed by atoms with Crippen LogP contribution in [0, 0.1) is 5.92 Å². The van der Waals surface area contributed by atoms with Gasteiger partial charge in [-0.25, -0.2) is 0 Å². The van der Waals surface area contributed by atoms with Crippen molar-refractivity contribution < 1.29 is 9.53 Å². The summed E-state index contributed by atoms with van der Waals surface area (Å²) in [6, 6.07) is 7.49. The number of benzene rings is 1. The summed E-state index contributed by atoms with van der Waals surface area (Å²) in [5.74, 6) is 1.87. The molecule has 1 fully saturated rings. The van der Waals surface area contributed by atoms with Crippen molar-refractivity contribution in [2.24, 2.45) is 5.92 Å². The maximum absolute atomic E-state index is 12.3. The number of hydrogen-bond donors (Lipinski definition) is 0. The zero-order chi connectivity index (χ0) is 14.4. The van der Waals surface area contributed by atoms with Crippen molar-refractivity contribution in [3.63, 3.8) is 0 Å². The summed E-state index contributed by atoms with van der Waals surface area (Å²) >= 11 is 0. The van der Waals surface area contributed by atoms with Gasteiger partial charge in [0, 0.05) is 12.1 Å². The molecule has 20 heavy (non-hydrogen) atoms. The van der Waals surface area contributed by atoms with Gasteiger partial charge in [-0.15, -0.1) is 0 Å². The number of rotatable bonds is 9. The van der Waals surface area contributed by atoms with Crippen molar-refractivity contribution in [2.45, 2.75) is 33.1 Å². The molecule has 0 aromatic heterocycles. The van der Waals surface area contributed by atoms with E-state index in [1.54, 1.807) is 0 Å². The third-order valence-corrected chi connectivity index (χ3v) is 3.61. The number of ketones is 1. The number of Topliss-reactive ketones (excluding diaryl/α,β-unsaturated/α-hetero) is 1. The van der Waals surface area contributed by atoms with Crippen LogP contribution in [0.5, 0.6) is 5.75 Å². The smallest absolute Gasteiger partial charge is 0.176 e. The van der Waals surface area contributed by atoms with Gasteiger partial charge >= 0.3 is 0 Å². The standard InChI is InChI=1S/C17H25NO2/c1-3-11-18(12-14-5-6-14)13-17(19)15-7-9-16(10-8-15)20-4-2/h7-10,14H,3-6,11-13H2,1-2H3. The van der Waals surface area contributed by atoms with Crippen LogP contribution in [-0.2, 0) is 0 Å². The first-order valence-corrected chi connectivity index (χ1v) is 7.71. The minimum absolute atomic E-state index is 0.210. The van der Waals surface area contributed by atoms with Crippen LogP contribution in [0.4, 0.5) is 0 Å². The van der Waals surface area contributed by atoms with Crippen molar-refractivity contribution in [2.75, 3.05) is 26.2 Å². The Morgan fingerprint density at radius 3 is 2.50 bits per heavy atom. The molecule has 1 saturated carbocycles. The van der Waals surface area contributed by atoms with Gasteiger partial charge in [-0.3, -0.25) is 9.69 Å². The lowest BCUT2D eigenvalue weighted by Gasteiger charge is -2.20. The van der Waals surface area contributed by atoms with Gasteiger partial charge in [0.2, 0.25) is 0 Å². The van der Waals surface area contributed by atoms with E-state index in [-0.39, 0.29) is 5.78 Å². The van der Waals surface area contributed by atoms with Crippen molar-refractivity contribution in [3.8, 4) is 5.75 Å². The molecule has 0 spiro atoms. The summed E-state index contributed by atoms with van der Waals surface area (Å²) < 4.78 is 5.40. The molecule has 1 aromatic rings. The van der Waals surface area contributed by atoms with Gasteiger partial charge in [0.25, 0.3) is 0 Å².